The standard InChI is InChI=1S/C8H6BrClN2S2/c1-4(10)7-11-12-8(14-7)5-2-6(9)13-3-5/h2-4H,1H3. The highest BCUT2D eigenvalue weighted by Crippen LogP contribution is 2.33. The quantitative estimate of drug-likeness (QED) is 0.772. The molecule has 6 heteroatoms. The van der Waals surface area contributed by atoms with Gasteiger partial charge in [-0.05, 0) is 28.9 Å². The van der Waals surface area contributed by atoms with Gasteiger partial charge >= 0.3 is 0 Å². The number of halogens is 2. The highest BCUT2D eigenvalue weighted by molar-refractivity contribution is 9.11. The fraction of sp³-hybridized carbons (Fsp3) is 0.250. The summed E-state index contributed by atoms with van der Waals surface area (Å²) in [5, 5.41) is 11.9. The molecule has 0 aromatic carbocycles. The maximum Gasteiger partial charge on any atom is 0.148 e. The largest absolute Gasteiger partial charge is 0.148 e. The fourth-order valence-electron chi connectivity index (χ4n) is 0.934. The van der Waals surface area contributed by atoms with Crippen molar-refractivity contribution in [3.63, 3.8) is 0 Å². The molecule has 0 amide bonds. The van der Waals surface area contributed by atoms with E-state index in [1.807, 2.05) is 18.4 Å². The molecule has 14 heavy (non-hydrogen) atoms. The van der Waals surface area contributed by atoms with Crippen LogP contribution in [0, 0.1) is 0 Å². The Labute approximate surface area is 103 Å². The highest BCUT2D eigenvalue weighted by atomic mass is 79.9. The average molecular weight is 310 g/mol. The zero-order valence-electron chi connectivity index (χ0n) is 7.20. The van der Waals surface area contributed by atoms with Gasteiger partial charge in [0.05, 0.1) is 9.16 Å². The van der Waals surface area contributed by atoms with Gasteiger partial charge in [0.25, 0.3) is 0 Å². The second kappa shape index (κ2) is 4.26. The first-order chi connectivity index (χ1) is 6.66. The van der Waals surface area contributed by atoms with Crippen molar-refractivity contribution in [2.45, 2.75) is 12.3 Å². The van der Waals surface area contributed by atoms with Gasteiger partial charge in [0.1, 0.15) is 10.0 Å². The summed E-state index contributed by atoms with van der Waals surface area (Å²) in [6.07, 6.45) is 0. The van der Waals surface area contributed by atoms with E-state index in [2.05, 4.69) is 26.1 Å². The molecule has 0 radical (unpaired) electrons. The summed E-state index contributed by atoms with van der Waals surface area (Å²) in [4.78, 5) is 0. The monoisotopic (exact) mass is 308 g/mol. The molecule has 2 nitrogen and oxygen atoms in total. The Morgan fingerprint density at radius 2 is 2.29 bits per heavy atom. The smallest absolute Gasteiger partial charge is 0.142 e. The van der Waals surface area contributed by atoms with Crippen molar-refractivity contribution in [2.75, 3.05) is 0 Å². The van der Waals surface area contributed by atoms with Crippen LogP contribution in [0.25, 0.3) is 10.6 Å². The van der Waals surface area contributed by atoms with Crippen LogP contribution in [0.4, 0.5) is 0 Å². The number of aromatic nitrogens is 2. The van der Waals surface area contributed by atoms with Crippen LogP contribution < -0.4 is 0 Å². The lowest BCUT2D eigenvalue weighted by molar-refractivity contribution is 0.963. The Morgan fingerprint density at radius 1 is 1.50 bits per heavy atom. The minimum atomic E-state index is -0.0664. The van der Waals surface area contributed by atoms with Crippen LogP contribution in [0.3, 0.4) is 0 Å². The molecular formula is C8H6BrClN2S2. The molecule has 1 atom stereocenters. The maximum atomic E-state index is 5.91. The van der Waals surface area contributed by atoms with E-state index >= 15 is 0 Å². The van der Waals surface area contributed by atoms with E-state index in [0.29, 0.717) is 0 Å². The number of rotatable bonds is 2. The molecule has 2 heterocycles. The van der Waals surface area contributed by atoms with E-state index in [4.69, 9.17) is 11.6 Å². The summed E-state index contributed by atoms with van der Waals surface area (Å²) in [5.74, 6) is 0. The van der Waals surface area contributed by atoms with Gasteiger partial charge in [-0.3, -0.25) is 0 Å². The van der Waals surface area contributed by atoms with E-state index in [9.17, 15) is 0 Å². The number of thiophene rings is 1. The first-order valence-corrected chi connectivity index (χ1v) is 6.81. The summed E-state index contributed by atoms with van der Waals surface area (Å²) in [7, 11) is 0. The van der Waals surface area contributed by atoms with Crippen molar-refractivity contribution >= 4 is 50.2 Å². The molecule has 2 rings (SSSR count). The third kappa shape index (κ3) is 2.16. The lowest BCUT2D eigenvalue weighted by atomic mass is 10.4. The van der Waals surface area contributed by atoms with Crippen molar-refractivity contribution < 1.29 is 0 Å². The molecule has 0 aliphatic carbocycles. The van der Waals surface area contributed by atoms with Crippen molar-refractivity contribution in [1.82, 2.24) is 10.2 Å². The Kier molecular flexibility index (Phi) is 3.21. The predicted octanol–water partition coefficient (Wildman–Crippen LogP) is 4.33. The Morgan fingerprint density at radius 3 is 2.79 bits per heavy atom. The molecule has 0 N–H and O–H groups in total. The summed E-state index contributed by atoms with van der Waals surface area (Å²) in [6, 6.07) is 2.04. The summed E-state index contributed by atoms with van der Waals surface area (Å²) >= 11 is 12.5. The SMILES string of the molecule is CC(Cl)c1nnc(-c2csc(Br)c2)s1. The molecule has 74 valence electrons. The minimum Gasteiger partial charge on any atom is -0.142 e. The van der Waals surface area contributed by atoms with Crippen molar-refractivity contribution in [3.8, 4) is 10.6 Å². The van der Waals surface area contributed by atoms with Crippen molar-refractivity contribution in [2.24, 2.45) is 0 Å². The van der Waals surface area contributed by atoms with Gasteiger partial charge in [0, 0.05) is 10.9 Å². The zero-order chi connectivity index (χ0) is 10.1. The average Bonchev–Trinajstić information content (AvgIpc) is 2.70. The summed E-state index contributed by atoms with van der Waals surface area (Å²) in [5.41, 5.74) is 1.10. The van der Waals surface area contributed by atoms with Gasteiger partial charge in [-0.25, -0.2) is 0 Å². The van der Waals surface area contributed by atoms with E-state index in [-0.39, 0.29) is 5.38 Å². The van der Waals surface area contributed by atoms with Gasteiger partial charge in [0.15, 0.2) is 0 Å². The second-order valence-electron chi connectivity index (χ2n) is 2.70. The fourth-order valence-corrected chi connectivity index (χ4v) is 3.09. The van der Waals surface area contributed by atoms with Gasteiger partial charge in [0.2, 0.25) is 0 Å². The third-order valence-corrected chi connectivity index (χ3v) is 4.59. The Hall–Kier alpha value is 0.0300. The van der Waals surface area contributed by atoms with Crippen LogP contribution >= 0.6 is 50.2 Å². The molecule has 0 spiro atoms. The van der Waals surface area contributed by atoms with Crippen molar-refractivity contribution in [3.05, 3.63) is 20.2 Å². The molecule has 1 unspecified atom stereocenters. The highest BCUT2D eigenvalue weighted by Gasteiger charge is 2.11. The normalized spacial score (nSPS) is 13.1. The van der Waals surface area contributed by atoms with Crippen LogP contribution in [0.2, 0.25) is 0 Å². The Balaban J connectivity index is 2.33. The molecule has 0 fully saturated rings. The maximum absolute atomic E-state index is 5.91. The lowest BCUT2D eigenvalue weighted by Crippen LogP contribution is -1.80. The van der Waals surface area contributed by atoms with E-state index < -0.39 is 0 Å². The van der Waals surface area contributed by atoms with Crippen molar-refractivity contribution in [1.29, 1.82) is 0 Å². The Bertz CT molecular complexity index is 438. The first kappa shape index (κ1) is 10.5. The number of nitrogens with zero attached hydrogens (tertiary/aromatic N) is 2. The topological polar surface area (TPSA) is 25.8 Å². The third-order valence-electron chi connectivity index (χ3n) is 1.60. The number of hydrogen-bond donors (Lipinski definition) is 0. The summed E-state index contributed by atoms with van der Waals surface area (Å²) < 4.78 is 1.10. The van der Waals surface area contributed by atoms with E-state index in [1.54, 1.807) is 11.3 Å². The number of hydrogen-bond acceptors (Lipinski definition) is 4. The van der Waals surface area contributed by atoms with Crippen LogP contribution in [0.1, 0.15) is 17.3 Å². The molecule has 0 saturated heterocycles. The van der Waals surface area contributed by atoms with Gasteiger partial charge < -0.3 is 0 Å². The van der Waals surface area contributed by atoms with Gasteiger partial charge in [-0.1, -0.05) is 11.3 Å². The molecule has 0 saturated carbocycles. The van der Waals surface area contributed by atoms with E-state index in [1.165, 1.54) is 11.3 Å². The molecule has 0 aliphatic rings. The molecule has 0 bridgehead atoms. The molecule has 2 aromatic rings. The number of alkyl halides is 1. The minimum absolute atomic E-state index is 0.0664. The summed E-state index contributed by atoms with van der Waals surface area (Å²) in [6.45, 7) is 1.90. The molecular weight excluding hydrogens is 304 g/mol. The van der Waals surface area contributed by atoms with Gasteiger partial charge in [-0.2, -0.15) is 0 Å². The van der Waals surface area contributed by atoms with Gasteiger partial charge in [-0.15, -0.1) is 33.1 Å². The van der Waals surface area contributed by atoms with E-state index in [0.717, 1.165) is 19.4 Å². The van der Waals surface area contributed by atoms with Crippen LogP contribution in [0.15, 0.2) is 15.2 Å². The lowest BCUT2D eigenvalue weighted by Gasteiger charge is -1.90. The molecule has 2 aromatic heterocycles. The predicted molar refractivity (Wildman–Crippen MR) is 65.2 cm³/mol. The van der Waals surface area contributed by atoms with Crippen LogP contribution in [-0.4, -0.2) is 10.2 Å². The van der Waals surface area contributed by atoms with Crippen LogP contribution in [0.5, 0.6) is 0 Å². The zero-order valence-corrected chi connectivity index (χ0v) is 11.2. The molecule has 0 aliphatic heterocycles. The van der Waals surface area contributed by atoms with Crippen LogP contribution in [-0.2, 0) is 0 Å². The first-order valence-electron chi connectivity index (χ1n) is 3.88. The second-order valence-corrected chi connectivity index (χ2v) is 6.66.